The topological polar surface area (TPSA) is 39.2 Å². The van der Waals surface area contributed by atoms with Crippen molar-refractivity contribution in [3.8, 4) is 0 Å². The fourth-order valence-corrected chi connectivity index (χ4v) is 1.44. The minimum absolute atomic E-state index is 0.267. The van der Waals surface area contributed by atoms with Crippen molar-refractivity contribution in [1.82, 2.24) is 4.98 Å². The van der Waals surface area contributed by atoms with E-state index in [1.54, 1.807) is 6.07 Å². The lowest BCUT2D eigenvalue weighted by molar-refractivity contribution is 0.0491. The van der Waals surface area contributed by atoms with Gasteiger partial charge in [-0.25, -0.2) is 9.78 Å². The first-order chi connectivity index (χ1) is 7.74. The number of carbonyl (C=O) groups is 1. The maximum absolute atomic E-state index is 11.5. The van der Waals surface area contributed by atoms with Crippen LogP contribution in [0.4, 0.5) is 0 Å². The third kappa shape index (κ3) is 4.62. The predicted octanol–water partition coefficient (Wildman–Crippen LogP) is 3.47. The Balaban J connectivity index is 2.30. The van der Waals surface area contributed by atoms with Crippen LogP contribution in [0.15, 0.2) is 18.3 Å². The summed E-state index contributed by atoms with van der Waals surface area (Å²) in [6.45, 7) is 2.59. The summed E-state index contributed by atoms with van der Waals surface area (Å²) in [4.78, 5) is 15.4. The Morgan fingerprint density at radius 1 is 1.44 bits per heavy atom. The molecule has 1 rings (SSSR count). The summed E-state index contributed by atoms with van der Waals surface area (Å²) in [5, 5.41) is 0.493. The van der Waals surface area contributed by atoms with Crippen LogP contribution in [0.1, 0.15) is 43.1 Å². The van der Waals surface area contributed by atoms with Gasteiger partial charge in [-0.1, -0.05) is 37.8 Å². The largest absolute Gasteiger partial charge is 0.461 e. The normalized spacial score (nSPS) is 10.1. The number of ether oxygens (including phenoxy) is 1. The lowest BCUT2D eigenvalue weighted by atomic mass is 10.2. The molecule has 0 saturated carbocycles. The second kappa shape index (κ2) is 7.23. The zero-order valence-corrected chi connectivity index (χ0v) is 10.2. The average Bonchev–Trinajstić information content (AvgIpc) is 2.28. The van der Waals surface area contributed by atoms with Crippen LogP contribution in [0.5, 0.6) is 0 Å². The molecule has 0 aliphatic heterocycles. The number of unbranched alkanes of at least 4 members (excludes halogenated alkanes) is 3. The van der Waals surface area contributed by atoms with Gasteiger partial charge >= 0.3 is 5.97 Å². The molecule has 16 heavy (non-hydrogen) atoms. The lowest BCUT2D eigenvalue weighted by Gasteiger charge is -2.03. The van der Waals surface area contributed by atoms with E-state index in [1.165, 1.54) is 25.1 Å². The molecule has 0 N–H and O–H groups in total. The molecule has 0 unspecified atom stereocenters. The molecule has 1 heterocycles. The SMILES string of the molecule is CCCCCCOC(=O)c1cc(Cl)ccn1. The minimum atomic E-state index is -0.404. The van der Waals surface area contributed by atoms with Crippen molar-refractivity contribution in [2.45, 2.75) is 32.6 Å². The highest BCUT2D eigenvalue weighted by Crippen LogP contribution is 2.09. The Morgan fingerprint density at radius 3 is 2.94 bits per heavy atom. The average molecular weight is 242 g/mol. The molecule has 1 aromatic heterocycles. The molecule has 0 aliphatic rings. The van der Waals surface area contributed by atoms with Crippen LogP contribution in [0.3, 0.4) is 0 Å². The first-order valence-electron chi connectivity index (χ1n) is 5.52. The van der Waals surface area contributed by atoms with Gasteiger partial charge in [0.25, 0.3) is 0 Å². The fraction of sp³-hybridized carbons (Fsp3) is 0.500. The van der Waals surface area contributed by atoms with Gasteiger partial charge in [-0.15, -0.1) is 0 Å². The summed E-state index contributed by atoms with van der Waals surface area (Å²) in [7, 11) is 0. The predicted molar refractivity (Wildman–Crippen MR) is 63.7 cm³/mol. The fourth-order valence-electron chi connectivity index (χ4n) is 1.28. The van der Waals surface area contributed by atoms with E-state index < -0.39 is 5.97 Å². The quantitative estimate of drug-likeness (QED) is 0.566. The molecule has 0 atom stereocenters. The van der Waals surface area contributed by atoms with E-state index in [2.05, 4.69) is 11.9 Å². The van der Waals surface area contributed by atoms with Crippen LogP contribution in [0.2, 0.25) is 5.02 Å². The van der Waals surface area contributed by atoms with Gasteiger partial charge in [-0.05, 0) is 18.6 Å². The monoisotopic (exact) mass is 241 g/mol. The summed E-state index contributed by atoms with van der Waals surface area (Å²) >= 11 is 5.74. The summed E-state index contributed by atoms with van der Waals surface area (Å²) in [6.07, 6.45) is 5.83. The van der Waals surface area contributed by atoms with Gasteiger partial charge in [0.05, 0.1) is 6.61 Å². The van der Waals surface area contributed by atoms with Crippen LogP contribution < -0.4 is 0 Å². The third-order valence-electron chi connectivity index (χ3n) is 2.16. The van der Waals surface area contributed by atoms with Gasteiger partial charge < -0.3 is 4.74 Å². The van der Waals surface area contributed by atoms with Gasteiger partial charge in [-0.3, -0.25) is 0 Å². The van der Waals surface area contributed by atoms with Gasteiger partial charge in [0.1, 0.15) is 5.69 Å². The molecular weight excluding hydrogens is 226 g/mol. The molecular formula is C12H16ClNO2. The Morgan fingerprint density at radius 2 is 2.25 bits per heavy atom. The van der Waals surface area contributed by atoms with Crippen LogP contribution in [-0.2, 0) is 4.74 Å². The molecule has 0 fully saturated rings. The van der Waals surface area contributed by atoms with Crippen molar-refractivity contribution in [3.05, 3.63) is 29.0 Å². The number of aromatic nitrogens is 1. The van der Waals surface area contributed by atoms with Crippen molar-refractivity contribution >= 4 is 17.6 Å². The van der Waals surface area contributed by atoms with Crippen molar-refractivity contribution in [3.63, 3.8) is 0 Å². The van der Waals surface area contributed by atoms with E-state index in [-0.39, 0.29) is 5.69 Å². The molecule has 0 bridgehead atoms. The van der Waals surface area contributed by atoms with Crippen LogP contribution in [-0.4, -0.2) is 17.6 Å². The number of hydrogen-bond acceptors (Lipinski definition) is 3. The van der Waals surface area contributed by atoms with E-state index >= 15 is 0 Å². The summed E-state index contributed by atoms with van der Waals surface area (Å²) < 4.78 is 5.07. The number of carbonyl (C=O) groups excluding carboxylic acids is 1. The van der Waals surface area contributed by atoms with Gasteiger partial charge in [0.15, 0.2) is 0 Å². The molecule has 88 valence electrons. The maximum atomic E-state index is 11.5. The molecule has 0 radical (unpaired) electrons. The zero-order chi connectivity index (χ0) is 11.8. The number of rotatable bonds is 6. The Hall–Kier alpha value is -1.09. The number of esters is 1. The maximum Gasteiger partial charge on any atom is 0.356 e. The molecule has 0 saturated heterocycles. The van der Waals surface area contributed by atoms with E-state index in [0.717, 1.165) is 12.8 Å². The molecule has 0 spiro atoms. The zero-order valence-electron chi connectivity index (χ0n) is 9.41. The van der Waals surface area contributed by atoms with E-state index in [0.29, 0.717) is 11.6 Å². The highest BCUT2D eigenvalue weighted by atomic mass is 35.5. The Labute approximate surface area is 101 Å². The van der Waals surface area contributed by atoms with Crippen molar-refractivity contribution in [2.75, 3.05) is 6.61 Å². The molecule has 0 aromatic carbocycles. The number of hydrogen-bond donors (Lipinski definition) is 0. The van der Waals surface area contributed by atoms with E-state index in [1.807, 2.05) is 0 Å². The third-order valence-corrected chi connectivity index (χ3v) is 2.40. The summed E-state index contributed by atoms with van der Waals surface area (Å²) in [5.41, 5.74) is 0.267. The van der Waals surface area contributed by atoms with Gasteiger partial charge in [-0.2, -0.15) is 0 Å². The standard InChI is InChI=1S/C12H16ClNO2/c1-2-3-4-5-8-16-12(15)11-9-10(13)6-7-14-11/h6-7,9H,2-5,8H2,1H3. The van der Waals surface area contributed by atoms with Gasteiger partial charge in [0.2, 0.25) is 0 Å². The van der Waals surface area contributed by atoms with Crippen LogP contribution in [0.25, 0.3) is 0 Å². The van der Waals surface area contributed by atoms with Crippen molar-refractivity contribution in [1.29, 1.82) is 0 Å². The molecule has 3 nitrogen and oxygen atoms in total. The Bertz CT molecular complexity index is 342. The number of pyridine rings is 1. The van der Waals surface area contributed by atoms with Crippen molar-refractivity contribution < 1.29 is 9.53 Å². The Kier molecular flexibility index (Phi) is 5.86. The second-order valence-corrected chi connectivity index (χ2v) is 3.99. The number of halogens is 1. The van der Waals surface area contributed by atoms with Crippen LogP contribution >= 0.6 is 11.6 Å². The highest BCUT2D eigenvalue weighted by molar-refractivity contribution is 6.30. The smallest absolute Gasteiger partial charge is 0.356 e. The van der Waals surface area contributed by atoms with E-state index in [4.69, 9.17) is 16.3 Å². The first kappa shape index (κ1) is 13.0. The lowest BCUT2D eigenvalue weighted by Crippen LogP contribution is -2.08. The molecule has 0 aliphatic carbocycles. The van der Waals surface area contributed by atoms with E-state index in [9.17, 15) is 4.79 Å². The number of nitrogens with zero attached hydrogens (tertiary/aromatic N) is 1. The first-order valence-corrected chi connectivity index (χ1v) is 5.90. The summed E-state index contributed by atoms with van der Waals surface area (Å²) in [5.74, 6) is -0.404. The molecule has 1 aromatic rings. The van der Waals surface area contributed by atoms with Gasteiger partial charge in [0, 0.05) is 11.2 Å². The molecule has 0 amide bonds. The van der Waals surface area contributed by atoms with Crippen molar-refractivity contribution in [2.24, 2.45) is 0 Å². The van der Waals surface area contributed by atoms with Crippen LogP contribution in [0, 0.1) is 0 Å². The second-order valence-electron chi connectivity index (χ2n) is 3.56. The molecule has 4 heteroatoms. The summed E-state index contributed by atoms with van der Waals surface area (Å²) in [6, 6.07) is 3.13. The minimum Gasteiger partial charge on any atom is -0.461 e. The highest BCUT2D eigenvalue weighted by Gasteiger charge is 2.08.